The smallest absolute Gasteiger partial charge is 0.272 e. The molecule has 1 aromatic heterocycles. The van der Waals surface area contributed by atoms with Gasteiger partial charge < -0.3 is 9.64 Å². The molecule has 0 saturated heterocycles. The molecule has 0 amide bonds. The Balaban J connectivity index is 2.11. The van der Waals surface area contributed by atoms with Crippen molar-refractivity contribution in [2.75, 3.05) is 25.6 Å². The van der Waals surface area contributed by atoms with E-state index in [1.165, 1.54) is 12.1 Å². The Labute approximate surface area is 143 Å². The first kappa shape index (κ1) is 17.1. The van der Waals surface area contributed by atoms with E-state index >= 15 is 0 Å². The summed E-state index contributed by atoms with van der Waals surface area (Å²) in [6.45, 7) is -0.854. The minimum atomic E-state index is -2.67. The molecule has 2 aromatic carbocycles. The van der Waals surface area contributed by atoms with Crippen molar-refractivity contribution >= 4 is 16.7 Å². The largest absolute Gasteiger partial charge is 0.484 e. The first-order chi connectivity index (χ1) is 11.9. The van der Waals surface area contributed by atoms with Gasteiger partial charge in [0.05, 0.1) is 5.52 Å². The third kappa shape index (κ3) is 3.26. The molecule has 0 spiro atoms. The number of halogens is 3. The quantitative estimate of drug-likeness (QED) is 0.695. The van der Waals surface area contributed by atoms with Gasteiger partial charge in [-0.2, -0.15) is 5.10 Å². The number of nitrogens with zero attached hydrogens (tertiary/aromatic N) is 3. The van der Waals surface area contributed by atoms with E-state index in [1.807, 2.05) is 38.2 Å². The van der Waals surface area contributed by atoms with E-state index in [0.717, 1.165) is 16.7 Å². The lowest BCUT2D eigenvalue weighted by molar-refractivity contribution is 0.0802. The second kappa shape index (κ2) is 6.66. The van der Waals surface area contributed by atoms with Crippen molar-refractivity contribution in [2.24, 2.45) is 7.05 Å². The zero-order valence-corrected chi connectivity index (χ0v) is 14.1. The van der Waals surface area contributed by atoms with Gasteiger partial charge in [0.15, 0.2) is 17.4 Å². The summed E-state index contributed by atoms with van der Waals surface area (Å²) in [6, 6.07) is 9.90. The monoisotopic (exact) mass is 349 g/mol. The molecule has 4 nitrogen and oxygen atoms in total. The van der Waals surface area contributed by atoms with Crippen molar-refractivity contribution in [3.63, 3.8) is 0 Å². The number of ether oxygens (including phenoxy) is 1. The predicted molar refractivity (Wildman–Crippen MR) is 91.9 cm³/mol. The number of anilines is 1. The van der Waals surface area contributed by atoms with Gasteiger partial charge in [-0.15, -0.1) is 0 Å². The van der Waals surface area contributed by atoms with Crippen LogP contribution < -0.4 is 9.64 Å². The van der Waals surface area contributed by atoms with Gasteiger partial charge in [0, 0.05) is 32.1 Å². The van der Waals surface area contributed by atoms with Gasteiger partial charge in [-0.3, -0.25) is 4.68 Å². The second-order valence-electron chi connectivity index (χ2n) is 5.89. The Hall–Kier alpha value is -2.70. The summed E-state index contributed by atoms with van der Waals surface area (Å²) in [4.78, 5) is 1.90. The first-order valence-electron chi connectivity index (χ1n) is 7.72. The van der Waals surface area contributed by atoms with Crippen molar-refractivity contribution in [1.82, 2.24) is 9.78 Å². The molecule has 1 heterocycles. The third-order valence-corrected chi connectivity index (χ3v) is 3.89. The van der Waals surface area contributed by atoms with Gasteiger partial charge >= 0.3 is 0 Å². The van der Waals surface area contributed by atoms with E-state index in [0.29, 0.717) is 11.1 Å². The van der Waals surface area contributed by atoms with Crippen LogP contribution in [-0.2, 0) is 7.05 Å². The second-order valence-corrected chi connectivity index (χ2v) is 5.89. The standard InChI is InChI=1S/C18H18F3N3O/c1-23(2)18-13-8-7-11(9-15(13)24(3)22-18)12-5-4-6-14(19)17(12)25-10-16(20)21/h4-9,16H,10H2,1-3H3. The number of hydrogen-bond donors (Lipinski definition) is 0. The molecular formula is C18H18F3N3O. The summed E-state index contributed by atoms with van der Waals surface area (Å²) in [5, 5.41) is 5.41. The molecule has 0 radical (unpaired) electrons. The zero-order valence-electron chi connectivity index (χ0n) is 14.1. The lowest BCUT2D eigenvalue weighted by Gasteiger charge is -2.13. The molecular weight excluding hydrogens is 331 g/mol. The van der Waals surface area contributed by atoms with Crippen LogP contribution in [0.2, 0.25) is 0 Å². The maximum Gasteiger partial charge on any atom is 0.272 e. The Bertz CT molecular complexity index is 906. The number of aromatic nitrogens is 2. The van der Waals surface area contributed by atoms with Crippen molar-refractivity contribution in [1.29, 1.82) is 0 Å². The maximum absolute atomic E-state index is 14.1. The fraction of sp³-hybridized carbons (Fsp3) is 0.278. The van der Waals surface area contributed by atoms with Gasteiger partial charge in [0.2, 0.25) is 0 Å². The highest BCUT2D eigenvalue weighted by Gasteiger charge is 2.16. The van der Waals surface area contributed by atoms with Crippen LogP contribution >= 0.6 is 0 Å². The molecule has 0 saturated carbocycles. The lowest BCUT2D eigenvalue weighted by Crippen LogP contribution is -2.09. The summed E-state index contributed by atoms with van der Waals surface area (Å²) in [6.07, 6.45) is -2.67. The first-order valence-corrected chi connectivity index (χ1v) is 7.72. The highest BCUT2D eigenvalue weighted by Crippen LogP contribution is 2.35. The lowest BCUT2D eigenvalue weighted by atomic mass is 10.0. The van der Waals surface area contributed by atoms with E-state index in [-0.39, 0.29) is 5.75 Å². The van der Waals surface area contributed by atoms with Crippen LogP contribution in [0.15, 0.2) is 36.4 Å². The summed E-state index contributed by atoms with van der Waals surface area (Å²) >= 11 is 0. The molecule has 0 bridgehead atoms. The molecule has 25 heavy (non-hydrogen) atoms. The van der Waals surface area contributed by atoms with Crippen molar-refractivity contribution < 1.29 is 17.9 Å². The molecule has 0 atom stereocenters. The topological polar surface area (TPSA) is 30.3 Å². The van der Waals surface area contributed by atoms with E-state index in [9.17, 15) is 13.2 Å². The molecule has 3 aromatic rings. The summed E-state index contributed by atoms with van der Waals surface area (Å²) in [5.41, 5.74) is 1.95. The number of alkyl halides is 2. The van der Waals surface area contributed by atoms with Crippen molar-refractivity contribution in [3.8, 4) is 16.9 Å². The highest BCUT2D eigenvalue weighted by atomic mass is 19.3. The van der Waals surface area contributed by atoms with Crippen molar-refractivity contribution in [3.05, 3.63) is 42.2 Å². The highest BCUT2D eigenvalue weighted by molar-refractivity contribution is 5.94. The van der Waals surface area contributed by atoms with Gasteiger partial charge in [0.25, 0.3) is 6.43 Å². The Kier molecular flexibility index (Phi) is 4.57. The Morgan fingerprint density at radius 1 is 1.20 bits per heavy atom. The summed E-state index contributed by atoms with van der Waals surface area (Å²) in [5.74, 6) is -0.0214. The van der Waals surface area contributed by atoms with Gasteiger partial charge in [-0.1, -0.05) is 18.2 Å². The number of fused-ring (bicyclic) bond motifs is 1. The molecule has 132 valence electrons. The molecule has 0 unspecified atom stereocenters. The van der Waals surface area contributed by atoms with Crippen LogP contribution in [0.25, 0.3) is 22.0 Å². The zero-order chi connectivity index (χ0) is 18.1. The number of benzene rings is 2. The van der Waals surface area contributed by atoms with E-state index in [1.54, 1.807) is 16.8 Å². The van der Waals surface area contributed by atoms with Gasteiger partial charge in [-0.05, 0) is 23.8 Å². The number of para-hydroxylation sites is 1. The average Bonchev–Trinajstić information content (AvgIpc) is 2.90. The molecule has 3 rings (SSSR count). The number of rotatable bonds is 5. The van der Waals surface area contributed by atoms with Crippen LogP contribution in [0, 0.1) is 5.82 Å². The fourth-order valence-electron chi connectivity index (χ4n) is 2.77. The van der Waals surface area contributed by atoms with Crippen LogP contribution in [0.5, 0.6) is 5.75 Å². The maximum atomic E-state index is 14.1. The fourth-order valence-corrected chi connectivity index (χ4v) is 2.77. The van der Waals surface area contributed by atoms with Gasteiger partial charge in [0.1, 0.15) is 6.61 Å². The van der Waals surface area contributed by atoms with Gasteiger partial charge in [-0.25, -0.2) is 13.2 Å². The minimum Gasteiger partial charge on any atom is -0.484 e. The number of hydrogen-bond acceptors (Lipinski definition) is 3. The molecule has 0 N–H and O–H groups in total. The van der Waals surface area contributed by atoms with Crippen LogP contribution in [0.3, 0.4) is 0 Å². The predicted octanol–water partition coefficient (Wildman–Crippen LogP) is 4.09. The van der Waals surface area contributed by atoms with Crippen LogP contribution in [-0.4, -0.2) is 36.9 Å². The summed E-state index contributed by atoms with van der Waals surface area (Å²) in [7, 11) is 5.62. The molecule has 0 aliphatic rings. The van der Waals surface area contributed by atoms with E-state index < -0.39 is 18.8 Å². The SMILES string of the molecule is CN(C)c1nn(C)c2cc(-c3cccc(F)c3OCC(F)F)ccc12. The van der Waals surface area contributed by atoms with E-state index in [2.05, 4.69) is 5.10 Å². The normalized spacial score (nSPS) is 11.3. The van der Waals surface area contributed by atoms with Crippen molar-refractivity contribution in [2.45, 2.75) is 6.43 Å². The molecule has 0 fully saturated rings. The van der Waals surface area contributed by atoms with E-state index in [4.69, 9.17) is 4.74 Å². The molecule has 7 heteroatoms. The summed E-state index contributed by atoms with van der Waals surface area (Å²) < 4.78 is 45.8. The Morgan fingerprint density at radius 3 is 2.64 bits per heavy atom. The molecule has 0 aliphatic heterocycles. The Morgan fingerprint density at radius 2 is 1.96 bits per heavy atom. The average molecular weight is 349 g/mol. The van der Waals surface area contributed by atoms with Crippen LogP contribution in [0.1, 0.15) is 0 Å². The minimum absolute atomic E-state index is 0.169. The third-order valence-electron chi connectivity index (χ3n) is 3.89. The van der Waals surface area contributed by atoms with Crippen LogP contribution in [0.4, 0.5) is 19.0 Å². The molecule has 0 aliphatic carbocycles. The number of aryl methyl sites for hydroxylation is 1.